The lowest BCUT2D eigenvalue weighted by Crippen LogP contribution is -1.93. The number of halogens is 2. The number of nitrogen functional groups attached to an aromatic ring is 1. The number of imidazole rings is 1. The number of rotatable bonds is 2. The number of nitrogens with zero attached hydrogens (tertiary/aromatic N) is 2. The molecule has 0 amide bonds. The van der Waals surface area contributed by atoms with Gasteiger partial charge < -0.3 is 10.3 Å². The van der Waals surface area contributed by atoms with E-state index in [4.69, 9.17) is 17.3 Å². The summed E-state index contributed by atoms with van der Waals surface area (Å²) in [5.41, 5.74) is 6.06. The van der Waals surface area contributed by atoms with Crippen LogP contribution in [0.1, 0.15) is 0 Å². The maximum absolute atomic E-state index is 13.1. The van der Waals surface area contributed by atoms with E-state index in [1.807, 2.05) is 17.8 Å². The van der Waals surface area contributed by atoms with Gasteiger partial charge in [-0.25, -0.2) is 9.37 Å². The Hall–Kier alpha value is -1.20. The van der Waals surface area contributed by atoms with Crippen LogP contribution in [0.4, 0.5) is 10.1 Å². The first-order chi connectivity index (χ1) is 7.58. The van der Waals surface area contributed by atoms with Crippen LogP contribution in [-0.2, 0) is 7.05 Å². The Bertz CT molecular complexity index is 527. The minimum absolute atomic E-state index is 0.0610. The monoisotopic (exact) mass is 257 g/mol. The van der Waals surface area contributed by atoms with Crippen molar-refractivity contribution in [3.63, 3.8) is 0 Å². The van der Waals surface area contributed by atoms with Crippen LogP contribution < -0.4 is 5.73 Å². The molecule has 0 aliphatic heterocycles. The highest BCUT2D eigenvalue weighted by atomic mass is 35.5. The van der Waals surface area contributed by atoms with E-state index in [0.29, 0.717) is 10.6 Å². The van der Waals surface area contributed by atoms with Crippen LogP contribution in [0.15, 0.2) is 34.6 Å². The van der Waals surface area contributed by atoms with Gasteiger partial charge in [0.25, 0.3) is 0 Å². The van der Waals surface area contributed by atoms with Gasteiger partial charge in [-0.1, -0.05) is 11.6 Å². The van der Waals surface area contributed by atoms with E-state index in [-0.39, 0.29) is 5.02 Å². The van der Waals surface area contributed by atoms with Crippen molar-refractivity contribution in [2.45, 2.75) is 10.1 Å². The molecule has 3 nitrogen and oxygen atoms in total. The minimum atomic E-state index is -0.511. The fourth-order valence-corrected chi connectivity index (χ4v) is 2.28. The Morgan fingerprint density at radius 1 is 1.50 bits per heavy atom. The van der Waals surface area contributed by atoms with Gasteiger partial charge in [0.2, 0.25) is 0 Å². The molecule has 1 aromatic heterocycles. The van der Waals surface area contributed by atoms with Crippen molar-refractivity contribution in [2.24, 2.45) is 7.05 Å². The second-order valence-corrected chi connectivity index (χ2v) is 4.64. The van der Waals surface area contributed by atoms with Crippen LogP contribution in [0.5, 0.6) is 0 Å². The van der Waals surface area contributed by atoms with Gasteiger partial charge in [-0.2, -0.15) is 0 Å². The zero-order valence-corrected chi connectivity index (χ0v) is 10.0. The molecule has 0 bridgehead atoms. The first-order valence-corrected chi connectivity index (χ1v) is 5.67. The summed E-state index contributed by atoms with van der Waals surface area (Å²) in [5, 5.41) is 0.834. The molecule has 1 aromatic carbocycles. The molecule has 0 aliphatic rings. The van der Waals surface area contributed by atoms with Crippen LogP contribution in [0.2, 0.25) is 5.02 Å². The summed E-state index contributed by atoms with van der Waals surface area (Å²) >= 11 is 7.04. The summed E-state index contributed by atoms with van der Waals surface area (Å²) in [6.07, 6.45) is 3.51. The molecule has 0 radical (unpaired) electrons. The van der Waals surface area contributed by atoms with Crippen molar-refractivity contribution in [1.29, 1.82) is 0 Å². The van der Waals surface area contributed by atoms with E-state index in [0.717, 1.165) is 5.16 Å². The minimum Gasteiger partial charge on any atom is -0.398 e. The first-order valence-electron chi connectivity index (χ1n) is 4.47. The smallest absolute Gasteiger partial charge is 0.172 e. The van der Waals surface area contributed by atoms with Gasteiger partial charge in [0.15, 0.2) is 5.16 Å². The largest absolute Gasteiger partial charge is 0.398 e. The van der Waals surface area contributed by atoms with Crippen molar-refractivity contribution >= 4 is 29.1 Å². The summed E-state index contributed by atoms with van der Waals surface area (Å²) in [6, 6.07) is 2.72. The van der Waals surface area contributed by atoms with E-state index in [2.05, 4.69) is 4.98 Å². The normalized spacial score (nSPS) is 10.7. The van der Waals surface area contributed by atoms with Crippen molar-refractivity contribution < 1.29 is 4.39 Å². The Morgan fingerprint density at radius 3 is 2.88 bits per heavy atom. The molecule has 0 saturated heterocycles. The quantitative estimate of drug-likeness (QED) is 0.842. The van der Waals surface area contributed by atoms with Crippen LogP contribution in [-0.4, -0.2) is 9.55 Å². The zero-order chi connectivity index (χ0) is 11.7. The third kappa shape index (κ3) is 2.15. The molecular formula is C10H9ClFN3S. The predicted octanol–water partition coefficient (Wildman–Crippen LogP) is 2.95. The van der Waals surface area contributed by atoms with Gasteiger partial charge in [0.1, 0.15) is 5.82 Å². The Morgan fingerprint density at radius 2 is 2.25 bits per heavy atom. The lowest BCUT2D eigenvalue weighted by molar-refractivity contribution is 0.628. The fourth-order valence-electron chi connectivity index (χ4n) is 1.18. The highest BCUT2D eigenvalue weighted by molar-refractivity contribution is 7.99. The fraction of sp³-hybridized carbons (Fsp3) is 0.100. The number of nitrogens with two attached hydrogens (primary N) is 1. The molecule has 1 heterocycles. The molecule has 0 atom stereocenters. The molecule has 0 fully saturated rings. The molecule has 0 aliphatic carbocycles. The van der Waals surface area contributed by atoms with E-state index in [1.165, 1.54) is 23.9 Å². The van der Waals surface area contributed by atoms with Crippen molar-refractivity contribution in [1.82, 2.24) is 9.55 Å². The van der Waals surface area contributed by atoms with Gasteiger partial charge in [-0.15, -0.1) is 0 Å². The molecule has 2 N–H and O–H groups in total. The number of benzene rings is 1. The molecule has 16 heavy (non-hydrogen) atoms. The number of aromatic nitrogens is 2. The van der Waals surface area contributed by atoms with Crippen molar-refractivity contribution in [3.05, 3.63) is 35.4 Å². The summed E-state index contributed by atoms with van der Waals surface area (Å²) in [5.74, 6) is -0.511. The maximum Gasteiger partial charge on any atom is 0.172 e. The van der Waals surface area contributed by atoms with E-state index in [9.17, 15) is 4.39 Å². The third-order valence-electron chi connectivity index (χ3n) is 2.03. The molecule has 0 spiro atoms. The molecule has 2 aromatic rings. The average Bonchev–Trinajstić information content (AvgIpc) is 2.61. The summed E-state index contributed by atoms with van der Waals surface area (Å²) in [6.45, 7) is 0. The molecule has 84 valence electrons. The van der Waals surface area contributed by atoms with Crippen molar-refractivity contribution in [3.8, 4) is 0 Å². The Balaban J connectivity index is 2.35. The average molecular weight is 258 g/mol. The summed E-state index contributed by atoms with van der Waals surface area (Å²) in [7, 11) is 1.87. The molecule has 0 saturated carbocycles. The van der Waals surface area contributed by atoms with Crippen LogP contribution in [0, 0.1) is 5.82 Å². The number of anilines is 1. The van der Waals surface area contributed by atoms with Gasteiger partial charge in [-0.3, -0.25) is 0 Å². The molecular weight excluding hydrogens is 249 g/mol. The molecule has 2 rings (SSSR count). The van der Waals surface area contributed by atoms with Gasteiger partial charge in [-0.05, 0) is 23.9 Å². The van der Waals surface area contributed by atoms with Gasteiger partial charge in [0.05, 0.1) is 5.02 Å². The Labute approximate surface area is 101 Å². The zero-order valence-electron chi connectivity index (χ0n) is 8.45. The number of aryl methyl sites for hydroxylation is 1. The first kappa shape index (κ1) is 11.3. The molecule has 6 heteroatoms. The van der Waals surface area contributed by atoms with Crippen LogP contribution in [0.25, 0.3) is 0 Å². The van der Waals surface area contributed by atoms with Crippen LogP contribution in [0.3, 0.4) is 0 Å². The molecule has 0 unspecified atom stereocenters. The second kappa shape index (κ2) is 4.35. The number of hydrogen-bond acceptors (Lipinski definition) is 3. The lowest BCUT2D eigenvalue weighted by atomic mass is 10.3. The maximum atomic E-state index is 13.1. The van der Waals surface area contributed by atoms with Gasteiger partial charge >= 0.3 is 0 Å². The lowest BCUT2D eigenvalue weighted by Gasteiger charge is -2.06. The van der Waals surface area contributed by atoms with E-state index >= 15 is 0 Å². The highest BCUT2D eigenvalue weighted by Crippen LogP contribution is 2.33. The van der Waals surface area contributed by atoms with Crippen molar-refractivity contribution in [2.75, 3.05) is 5.73 Å². The summed E-state index contributed by atoms with van der Waals surface area (Å²) in [4.78, 5) is 4.83. The SMILES string of the molecule is Cn1ccnc1Sc1cc(Cl)c(F)cc1N. The Kier molecular flexibility index (Phi) is 3.07. The number of hydrogen-bond donors (Lipinski definition) is 1. The van der Waals surface area contributed by atoms with Crippen LogP contribution >= 0.6 is 23.4 Å². The van der Waals surface area contributed by atoms with E-state index < -0.39 is 5.82 Å². The predicted molar refractivity (Wildman–Crippen MR) is 63.2 cm³/mol. The van der Waals surface area contributed by atoms with Gasteiger partial charge in [0, 0.05) is 30.0 Å². The van der Waals surface area contributed by atoms with E-state index in [1.54, 1.807) is 6.20 Å². The standard InChI is InChI=1S/C10H9ClFN3S/c1-15-3-2-14-10(15)16-9-4-6(11)7(12)5-8(9)13/h2-5H,13H2,1H3. The third-order valence-corrected chi connectivity index (χ3v) is 3.47. The highest BCUT2D eigenvalue weighted by Gasteiger charge is 2.09. The second-order valence-electron chi connectivity index (χ2n) is 3.23. The summed E-state index contributed by atoms with van der Waals surface area (Å²) < 4.78 is 14.9. The topological polar surface area (TPSA) is 43.8 Å².